The number of fused-ring (bicyclic) bond motifs is 1. The zero-order valence-corrected chi connectivity index (χ0v) is 13.9. The summed E-state index contributed by atoms with van der Waals surface area (Å²) in [5.41, 5.74) is 0.957. The van der Waals surface area contributed by atoms with Gasteiger partial charge in [0, 0.05) is 18.7 Å². The molecule has 2 amide bonds. The summed E-state index contributed by atoms with van der Waals surface area (Å²) in [6.07, 6.45) is 3.57. The van der Waals surface area contributed by atoms with E-state index in [9.17, 15) is 9.59 Å². The van der Waals surface area contributed by atoms with Gasteiger partial charge in [-0.2, -0.15) is 5.10 Å². The van der Waals surface area contributed by atoms with Crippen LogP contribution in [0.15, 0.2) is 35.1 Å². The van der Waals surface area contributed by atoms with Crippen molar-refractivity contribution in [2.24, 2.45) is 5.92 Å². The SMILES string of the molecule is CC(C)C(=O)N1Cc2ccnn2[C@H](CC(=O)NCc2ccco2)C1. The van der Waals surface area contributed by atoms with E-state index in [2.05, 4.69) is 10.4 Å². The number of hydrogen-bond acceptors (Lipinski definition) is 4. The van der Waals surface area contributed by atoms with Gasteiger partial charge in [0.1, 0.15) is 5.76 Å². The van der Waals surface area contributed by atoms with E-state index in [0.717, 1.165) is 5.69 Å². The van der Waals surface area contributed by atoms with Crippen LogP contribution in [-0.2, 0) is 22.7 Å². The van der Waals surface area contributed by atoms with Gasteiger partial charge in [-0.05, 0) is 18.2 Å². The lowest BCUT2D eigenvalue weighted by atomic mass is 10.1. The van der Waals surface area contributed by atoms with Crippen LogP contribution in [0.4, 0.5) is 0 Å². The second kappa shape index (κ2) is 6.90. The highest BCUT2D eigenvalue weighted by molar-refractivity contribution is 5.79. The molecule has 1 N–H and O–H groups in total. The first-order valence-electron chi connectivity index (χ1n) is 8.15. The monoisotopic (exact) mass is 330 g/mol. The van der Waals surface area contributed by atoms with Gasteiger partial charge < -0.3 is 14.6 Å². The number of carbonyl (C=O) groups is 2. The van der Waals surface area contributed by atoms with Crippen LogP contribution >= 0.6 is 0 Å². The number of amides is 2. The highest BCUT2D eigenvalue weighted by atomic mass is 16.3. The van der Waals surface area contributed by atoms with Crippen LogP contribution in [0, 0.1) is 5.92 Å². The molecule has 3 rings (SSSR count). The van der Waals surface area contributed by atoms with Crippen molar-refractivity contribution in [3.8, 4) is 0 Å². The summed E-state index contributed by atoms with van der Waals surface area (Å²) in [6, 6.07) is 5.35. The Balaban J connectivity index is 1.65. The number of carbonyl (C=O) groups excluding carboxylic acids is 2. The predicted octanol–water partition coefficient (Wildman–Crippen LogP) is 1.72. The van der Waals surface area contributed by atoms with E-state index in [4.69, 9.17) is 4.42 Å². The summed E-state index contributed by atoms with van der Waals surface area (Å²) >= 11 is 0. The third kappa shape index (κ3) is 3.50. The number of nitrogens with one attached hydrogen (secondary N) is 1. The Bertz CT molecular complexity index is 705. The van der Waals surface area contributed by atoms with E-state index in [1.54, 1.807) is 18.5 Å². The molecule has 7 nitrogen and oxygen atoms in total. The van der Waals surface area contributed by atoms with Crippen molar-refractivity contribution in [3.05, 3.63) is 42.1 Å². The van der Waals surface area contributed by atoms with Crippen LogP contribution < -0.4 is 5.32 Å². The van der Waals surface area contributed by atoms with Gasteiger partial charge in [-0.1, -0.05) is 13.8 Å². The van der Waals surface area contributed by atoms with Crippen LogP contribution in [0.5, 0.6) is 0 Å². The summed E-state index contributed by atoms with van der Waals surface area (Å²) in [5.74, 6) is 0.663. The van der Waals surface area contributed by atoms with E-state index in [1.807, 2.05) is 35.6 Å². The highest BCUT2D eigenvalue weighted by Crippen LogP contribution is 2.24. The first kappa shape index (κ1) is 16.3. The molecule has 2 aromatic heterocycles. The van der Waals surface area contributed by atoms with E-state index < -0.39 is 0 Å². The maximum atomic E-state index is 12.3. The molecule has 0 bridgehead atoms. The molecule has 1 aliphatic heterocycles. The van der Waals surface area contributed by atoms with E-state index in [-0.39, 0.29) is 30.2 Å². The normalized spacial score (nSPS) is 17.0. The maximum Gasteiger partial charge on any atom is 0.225 e. The van der Waals surface area contributed by atoms with Crippen molar-refractivity contribution < 1.29 is 14.0 Å². The van der Waals surface area contributed by atoms with Crippen LogP contribution in [0.3, 0.4) is 0 Å². The lowest BCUT2D eigenvalue weighted by molar-refractivity contribution is -0.137. The average Bonchev–Trinajstić information content (AvgIpc) is 3.23. The van der Waals surface area contributed by atoms with Gasteiger partial charge in [-0.15, -0.1) is 0 Å². The Hall–Kier alpha value is -2.57. The van der Waals surface area contributed by atoms with Crippen molar-refractivity contribution in [3.63, 3.8) is 0 Å². The Kier molecular flexibility index (Phi) is 4.69. The number of hydrogen-bond donors (Lipinski definition) is 1. The Morgan fingerprint density at radius 1 is 1.42 bits per heavy atom. The molecule has 0 saturated carbocycles. The van der Waals surface area contributed by atoms with Crippen molar-refractivity contribution in [1.29, 1.82) is 0 Å². The highest BCUT2D eigenvalue weighted by Gasteiger charge is 2.30. The van der Waals surface area contributed by atoms with Gasteiger partial charge in [0.05, 0.1) is 37.5 Å². The first-order chi connectivity index (χ1) is 11.5. The largest absolute Gasteiger partial charge is 0.467 e. The number of rotatable bonds is 5. The maximum absolute atomic E-state index is 12.3. The minimum absolute atomic E-state index is 0.0621. The van der Waals surface area contributed by atoms with Crippen molar-refractivity contribution in [1.82, 2.24) is 20.0 Å². The minimum atomic E-state index is -0.150. The summed E-state index contributed by atoms with van der Waals surface area (Å²) in [7, 11) is 0. The summed E-state index contributed by atoms with van der Waals surface area (Å²) in [4.78, 5) is 26.4. The van der Waals surface area contributed by atoms with Gasteiger partial charge in [0.25, 0.3) is 0 Å². The molecule has 1 atom stereocenters. The summed E-state index contributed by atoms with van der Waals surface area (Å²) < 4.78 is 7.07. The molecule has 0 spiro atoms. The topological polar surface area (TPSA) is 80.4 Å². The van der Waals surface area contributed by atoms with Crippen LogP contribution in [-0.4, -0.2) is 33.0 Å². The fraction of sp³-hybridized carbons (Fsp3) is 0.471. The van der Waals surface area contributed by atoms with Gasteiger partial charge in [0.2, 0.25) is 11.8 Å². The quantitative estimate of drug-likeness (QED) is 0.905. The molecule has 24 heavy (non-hydrogen) atoms. The smallest absolute Gasteiger partial charge is 0.225 e. The molecule has 128 valence electrons. The average molecular weight is 330 g/mol. The minimum Gasteiger partial charge on any atom is -0.467 e. The molecule has 0 aromatic carbocycles. The summed E-state index contributed by atoms with van der Waals surface area (Å²) in [6.45, 7) is 5.18. The standard InChI is InChI=1S/C17H22N4O3/c1-12(2)17(23)20-10-13-5-6-19-21(13)14(11-20)8-16(22)18-9-15-4-3-7-24-15/h3-7,12,14H,8-11H2,1-2H3,(H,18,22)/t14-/m1/s1. The van der Waals surface area contributed by atoms with Crippen molar-refractivity contribution in [2.45, 2.75) is 39.4 Å². The van der Waals surface area contributed by atoms with Gasteiger partial charge in [-0.25, -0.2) is 0 Å². The zero-order chi connectivity index (χ0) is 17.1. The fourth-order valence-corrected chi connectivity index (χ4v) is 2.96. The van der Waals surface area contributed by atoms with E-state index in [0.29, 0.717) is 25.4 Å². The van der Waals surface area contributed by atoms with E-state index in [1.165, 1.54) is 0 Å². The van der Waals surface area contributed by atoms with Gasteiger partial charge in [0.15, 0.2) is 0 Å². The van der Waals surface area contributed by atoms with Crippen molar-refractivity contribution >= 4 is 11.8 Å². The lowest BCUT2D eigenvalue weighted by Crippen LogP contribution is -2.44. The Morgan fingerprint density at radius 3 is 2.96 bits per heavy atom. The molecule has 7 heteroatoms. The molecule has 2 aromatic rings. The molecule has 0 radical (unpaired) electrons. The molecule has 3 heterocycles. The molecule has 1 aliphatic rings. The van der Waals surface area contributed by atoms with Crippen molar-refractivity contribution in [2.75, 3.05) is 6.54 Å². The van der Waals surface area contributed by atoms with Crippen LogP contribution in [0.25, 0.3) is 0 Å². The molecule has 0 fully saturated rings. The second-order valence-electron chi connectivity index (χ2n) is 6.35. The molecule has 0 aliphatic carbocycles. The van der Waals surface area contributed by atoms with Gasteiger partial charge in [-0.3, -0.25) is 14.3 Å². The first-order valence-corrected chi connectivity index (χ1v) is 8.15. The molecular weight excluding hydrogens is 308 g/mol. The summed E-state index contributed by atoms with van der Waals surface area (Å²) in [5, 5.41) is 7.17. The Labute approximate surface area is 140 Å². The number of nitrogens with zero attached hydrogens (tertiary/aromatic N) is 3. The molecular formula is C17H22N4O3. The Morgan fingerprint density at radius 2 is 2.25 bits per heavy atom. The van der Waals surface area contributed by atoms with Crippen LogP contribution in [0.1, 0.15) is 37.8 Å². The van der Waals surface area contributed by atoms with E-state index >= 15 is 0 Å². The predicted molar refractivity (Wildman–Crippen MR) is 86.7 cm³/mol. The third-order valence-electron chi connectivity index (χ3n) is 4.15. The number of aromatic nitrogens is 2. The second-order valence-corrected chi connectivity index (χ2v) is 6.35. The van der Waals surface area contributed by atoms with Crippen LogP contribution in [0.2, 0.25) is 0 Å². The lowest BCUT2D eigenvalue weighted by Gasteiger charge is -2.34. The third-order valence-corrected chi connectivity index (χ3v) is 4.15. The molecule has 0 saturated heterocycles. The fourth-order valence-electron chi connectivity index (χ4n) is 2.96. The zero-order valence-electron chi connectivity index (χ0n) is 13.9. The number of furan rings is 1. The van der Waals surface area contributed by atoms with Gasteiger partial charge >= 0.3 is 0 Å². The molecule has 0 unspecified atom stereocenters.